The maximum Gasteiger partial charge on any atom is 0.307 e. The van der Waals surface area contributed by atoms with Gasteiger partial charge >= 0.3 is 5.97 Å². The summed E-state index contributed by atoms with van der Waals surface area (Å²) in [6.07, 6.45) is 2.09. The van der Waals surface area contributed by atoms with Gasteiger partial charge in [0.2, 0.25) is 5.91 Å². The van der Waals surface area contributed by atoms with Crippen LogP contribution in [0.15, 0.2) is 48.5 Å². The standard InChI is InChI=1S/C24H28N2O6/c25-22(27)12-2-1-7-14-26-18-9-4-6-11-20(18)32-21(24(26)30)13-15-31-19-10-5-3-8-17(19)16-23(28)29/h3-6,8-11,21H,1-2,7,12-16H2,(H2,25,27)(H,28,29). The molecule has 2 aromatic rings. The molecule has 0 saturated heterocycles. The van der Waals surface area contributed by atoms with Crippen molar-refractivity contribution in [2.45, 2.75) is 44.6 Å². The molecule has 1 heterocycles. The zero-order valence-corrected chi connectivity index (χ0v) is 17.9. The predicted molar refractivity (Wildman–Crippen MR) is 119 cm³/mol. The first-order valence-corrected chi connectivity index (χ1v) is 10.7. The van der Waals surface area contributed by atoms with Gasteiger partial charge in [0.15, 0.2) is 6.10 Å². The molecule has 1 aliphatic rings. The van der Waals surface area contributed by atoms with Gasteiger partial charge in [0.1, 0.15) is 11.5 Å². The van der Waals surface area contributed by atoms with Crippen LogP contribution in [-0.2, 0) is 20.8 Å². The highest BCUT2D eigenvalue weighted by molar-refractivity contribution is 6.00. The van der Waals surface area contributed by atoms with E-state index in [0.29, 0.717) is 42.9 Å². The topological polar surface area (TPSA) is 119 Å². The summed E-state index contributed by atoms with van der Waals surface area (Å²) < 4.78 is 11.7. The van der Waals surface area contributed by atoms with E-state index in [1.807, 2.05) is 24.3 Å². The number of nitrogens with two attached hydrogens (primary N) is 1. The van der Waals surface area contributed by atoms with Crippen molar-refractivity contribution in [3.05, 3.63) is 54.1 Å². The monoisotopic (exact) mass is 440 g/mol. The van der Waals surface area contributed by atoms with Crippen molar-refractivity contribution in [2.24, 2.45) is 5.73 Å². The van der Waals surface area contributed by atoms with Gasteiger partial charge in [-0.2, -0.15) is 0 Å². The van der Waals surface area contributed by atoms with Crippen molar-refractivity contribution in [1.29, 1.82) is 0 Å². The number of nitrogens with zero attached hydrogens (tertiary/aromatic N) is 1. The normalized spacial score (nSPS) is 15.1. The minimum absolute atomic E-state index is 0.133. The Morgan fingerprint density at radius 3 is 2.59 bits per heavy atom. The largest absolute Gasteiger partial charge is 0.493 e. The second kappa shape index (κ2) is 11.2. The van der Waals surface area contributed by atoms with E-state index in [1.54, 1.807) is 29.2 Å². The number of hydrogen-bond acceptors (Lipinski definition) is 5. The van der Waals surface area contributed by atoms with E-state index in [-0.39, 0.29) is 24.8 Å². The maximum atomic E-state index is 13.1. The summed E-state index contributed by atoms with van der Waals surface area (Å²) in [4.78, 5) is 36.8. The first kappa shape index (κ1) is 23.1. The minimum Gasteiger partial charge on any atom is -0.493 e. The second-order valence-electron chi connectivity index (χ2n) is 7.66. The van der Waals surface area contributed by atoms with Gasteiger partial charge in [-0.05, 0) is 31.0 Å². The molecule has 2 aromatic carbocycles. The number of para-hydroxylation sites is 3. The van der Waals surface area contributed by atoms with E-state index < -0.39 is 12.1 Å². The first-order valence-electron chi connectivity index (χ1n) is 10.7. The number of fused-ring (bicyclic) bond motifs is 1. The average Bonchev–Trinajstić information content (AvgIpc) is 2.76. The van der Waals surface area contributed by atoms with E-state index in [9.17, 15) is 14.4 Å². The number of carbonyl (C=O) groups is 3. The van der Waals surface area contributed by atoms with E-state index in [4.69, 9.17) is 20.3 Å². The number of ether oxygens (including phenoxy) is 2. The number of carbonyl (C=O) groups excluding carboxylic acids is 2. The van der Waals surface area contributed by atoms with E-state index in [1.165, 1.54) is 0 Å². The molecule has 0 aromatic heterocycles. The van der Waals surface area contributed by atoms with Crippen LogP contribution in [-0.4, -0.2) is 42.1 Å². The molecular formula is C24H28N2O6. The molecule has 0 saturated carbocycles. The molecule has 8 heteroatoms. The smallest absolute Gasteiger partial charge is 0.307 e. The van der Waals surface area contributed by atoms with Crippen molar-refractivity contribution in [3.8, 4) is 11.5 Å². The number of rotatable bonds is 12. The van der Waals surface area contributed by atoms with Crippen LogP contribution in [0, 0.1) is 0 Å². The Morgan fingerprint density at radius 2 is 1.81 bits per heavy atom. The van der Waals surface area contributed by atoms with E-state index >= 15 is 0 Å². The fourth-order valence-electron chi connectivity index (χ4n) is 3.66. The number of carboxylic acid groups (broad SMARTS) is 1. The summed E-state index contributed by atoms with van der Waals surface area (Å²) in [5.74, 6) is -0.260. The summed E-state index contributed by atoms with van der Waals surface area (Å²) >= 11 is 0. The Bertz CT molecular complexity index is 961. The third-order valence-corrected chi connectivity index (χ3v) is 5.22. The van der Waals surface area contributed by atoms with Gasteiger partial charge in [-0.3, -0.25) is 14.4 Å². The highest BCUT2D eigenvalue weighted by Gasteiger charge is 2.33. The number of primary amides is 1. The van der Waals surface area contributed by atoms with Gasteiger partial charge in [0.25, 0.3) is 5.91 Å². The quantitative estimate of drug-likeness (QED) is 0.490. The molecule has 0 aliphatic carbocycles. The Balaban J connectivity index is 1.61. The molecule has 32 heavy (non-hydrogen) atoms. The summed E-state index contributed by atoms with van der Waals surface area (Å²) in [6, 6.07) is 14.4. The van der Waals surface area contributed by atoms with Crippen LogP contribution in [0.5, 0.6) is 11.5 Å². The van der Waals surface area contributed by atoms with Crippen molar-refractivity contribution in [3.63, 3.8) is 0 Å². The number of hydrogen-bond donors (Lipinski definition) is 2. The average molecular weight is 440 g/mol. The van der Waals surface area contributed by atoms with Crippen molar-refractivity contribution >= 4 is 23.5 Å². The summed E-state index contributed by atoms with van der Waals surface area (Å²) in [7, 11) is 0. The van der Waals surface area contributed by atoms with Crippen LogP contribution >= 0.6 is 0 Å². The lowest BCUT2D eigenvalue weighted by atomic mass is 10.1. The number of carboxylic acids is 1. The lowest BCUT2D eigenvalue weighted by Gasteiger charge is -2.34. The van der Waals surface area contributed by atoms with Crippen LogP contribution in [0.3, 0.4) is 0 Å². The van der Waals surface area contributed by atoms with Crippen LogP contribution in [0.25, 0.3) is 0 Å². The lowest BCUT2D eigenvalue weighted by Crippen LogP contribution is -2.47. The third-order valence-electron chi connectivity index (χ3n) is 5.22. The van der Waals surface area contributed by atoms with Crippen LogP contribution in [0.4, 0.5) is 5.69 Å². The molecule has 2 amide bonds. The van der Waals surface area contributed by atoms with Gasteiger partial charge in [-0.1, -0.05) is 36.8 Å². The van der Waals surface area contributed by atoms with Crippen LogP contribution < -0.4 is 20.1 Å². The summed E-state index contributed by atoms with van der Waals surface area (Å²) in [5, 5.41) is 9.06. The van der Waals surface area contributed by atoms with Crippen LogP contribution in [0.2, 0.25) is 0 Å². The number of anilines is 1. The zero-order chi connectivity index (χ0) is 22.9. The number of benzene rings is 2. The highest BCUT2D eigenvalue weighted by Crippen LogP contribution is 2.34. The second-order valence-corrected chi connectivity index (χ2v) is 7.66. The Hall–Kier alpha value is -3.55. The Morgan fingerprint density at radius 1 is 1.06 bits per heavy atom. The Kier molecular flexibility index (Phi) is 8.08. The van der Waals surface area contributed by atoms with Crippen molar-refractivity contribution in [1.82, 2.24) is 0 Å². The molecule has 3 rings (SSSR count). The third kappa shape index (κ3) is 6.23. The number of aliphatic carboxylic acids is 1. The van der Waals surface area contributed by atoms with E-state index in [2.05, 4.69) is 0 Å². The molecule has 0 fully saturated rings. The van der Waals surface area contributed by atoms with Gasteiger partial charge < -0.3 is 25.2 Å². The lowest BCUT2D eigenvalue weighted by molar-refractivity contribution is -0.136. The molecule has 3 N–H and O–H groups in total. The zero-order valence-electron chi connectivity index (χ0n) is 17.9. The molecule has 170 valence electrons. The van der Waals surface area contributed by atoms with Gasteiger partial charge in [-0.25, -0.2) is 0 Å². The molecule has 1 aliphatic heterocycles. The van der Waals surface area contributed by atoms with Crippen LogP contribution in [0.1, 0.15) is 37.7 Å². The highest BCUT2D eigenvalue weighted by atomic mass is 16.5. The number of amides is 2. The number of unbranched alkanes of at least 4 members (excludes halogenated alkanes) is 2. The van der Waals surface area contributed by atoms with Gasteiger partial charge in [0, 0.05) is 24.9 Å². The molecule has 0 spiro atoms. The minimum atomic E-state index is -0.935. The Labute approximate surface area is 186 Å². The van der Waals surface area contributed by atoms with Gasteiger partial charge in [-0.15, -0.1) is 0 Å². The molecule has 0 bridgehead atoms. The van der Waals surface area contributed by atoms with Crippen molar-refractivity contribution < 1.29 is 29.0 Å². The van der Waals surface area contributed by atoms with Crippen molar-refractivity contribution in [2.75, 3.05) is 18.1 Å². The fourth-order valence-corrected chi connectivity index (χ4v) is 3.66. The molecule has 1 atom stereocenters. The first-order chi connectivity index (χ1) is 15.5. The molecule has 1 unspecified atom stereocenters. The SMILES string of the molecule is NC(=O)CCCCCN1C(=O)C(CCOc2ccccc2CC(=O)O)Oc2ccccc21. The molecular weight excluding hydrogens is 412 g/mol. The van der Waals surface area contributed by atoms with E-state index in [0.717, 1.165) is 18.5 Å². The summed E-state index contributed by atoms with van der Waals surface area (Å²) in [6.45, 7) is 0.735. The van der Waals surface area contributed by atoms with Gasteiger partial charge in [0.05, 0.1) is 18.7 Å². The fraction of sp³-hybridized carbons (Fsp3) is 0.375. The molecule has 8 nitrogen and oxygen atoms in total. The predicted octanol–water partition coefficient (Wildman–Crippen LogP) is 2.92. The molecule has 0 radical (unpaired) electrons. The maximum absolute atomic E-state index is 13.1. The summed E-state index contributed by atoms with van der Waals surface area (Å²) in [5.41, 5.74) is 6.50.